The average molecular weight is 898 g/mol. The number of hydrogen-bond acceptors (Lipinski definition) is 9. The van der Waals surface area contributed by atoms with Gasteiger partial charge in [-0.25, -0.2) is 13.4 Å². The molecule has 352 valence electrons. The molecular weight excluding hydrogens is 819 g/mol. The highest BCUT2D eigenvalue weighted by Gasteiger charge is 2.70. The van der Waals surface area contributed by atoms with Gasteiger partial charge in [-0.1, -0.05) is 58.9 Å². The Bertz CT molecular complexity index is 2200. The van der Waals surface area contributed by atoms with Crippen molar-refractivity contribution in [2.45, 2.75) is 174 Å². The highest BCUT2D eigenvalue weighted by Crippen LogP contribution is 2.76. The van der Waals surface area contributed by atoms with Crippen LogP contribution in [0, 0.1) is 68.0 Å². The molecule has 1 aromatic heterocycles. The monoisotopic (exact) mass is 898 g/mol. The van der Waals surface area contributed by atoms with Gasteiger partial charge in [0.2, 0.25) is 5.88 Å². The van der Waals surface area contributed by atoms with Crippen molar-refractivity contribution < 1.29 is 27.8 Å². The first-order valence-corrected chi connectivity index (χ1v) is 26.9. The SMILES string of the molecule is C=C(C)[C@@H]1CC[C@]2(NCC[C@]3(O)CC[C@H](S(C)(=O)=O)CC3)CC[C@]3(C)[C@H](CC[C@@H]4[C@@]5(C)CC=C(C6=CC[C@](COc7ncccc7C#N)(C(=O)OCC)CC6)C(C)(C)[C@@H]5CC[C@]43C)[C@@H]12. The molecule has 1 heterocycles. The molecule has 1 aromatic rings. The fraction of sp³-hybridized carbons (Fsp3) is 0.759. The fourth-order valence-corrected chi connectivity index (χ4v) is 17.6. The van der Waals surface area contributed by atoms with Crippen LogP contribution in [0.25, 0.3) is 0 Å². The third-order valence-corrected chi connectivity index (χ3v) is 21.9. The minimum atomic E-state index is -3.08. The molecule has 10 atom stereocenters. The maximum atomic E-state index is 13.6. The number of carbonyl (C=O) groups is 1. The Kier molecular flexibility index (Phi) is 12.6. The average Bonchev–Trinajstić information content (AvgIpc) is 3.63. The highest BCUT2D eigenvalue weighted by molar-refractivity contribution is 7.91. The first-order chi connectivity index (χ1) is 30.1. The zero-order chi connectivity index (χ0) is 46.1. The van der Waals surface area contributed by atoms with Crippen LogP contribution in [-0.4, -0.2) is 66.9 Å². The molecule has 64 heavy (non-hydrogen) atoms. The van der Waals surface area contributed by atoms with E-state index >= 15 is 0 Å². The van der Waals surface area contributed by atoms with Crippen molar-refractivity contribution in [2.75, 3.05) is 26.0 Å². The molecule has 5 fully saturated rings. The summed E-state index contributed by atoms with van der Waals surface area (Å²) in [6.45, 7) is 23.0. The van der Waals surface area contributed by atoms with Crippen LogP contribution < -0.4 is 10.1 Å². The Morgan fingerprint density at radius 2 is 1.70 bits per heavy atom. The van der Waals surface area contributed by atoms with E-state index in [0.29, 0.717) is 86.7 Å². The van der Waals surface area contributed by atoms with Gasteiger partial charge in [0, 0.05) is 18.0 Å². The van der Waals surface area contributed by atoms with Gasteiger partial charge in [-0.15, -0.1) is 0 Å². The van der Waals surface area contributed by atoms with Crippen molar-refractivity contribution in [1.29, 1.82) is 5.26 Å². The second-order valence-electron chi connectivity index (χ2n) is 23.5. The molecule has 8 rings (SSSR count). The Labute approximate surface area is 385 Å². The Hall–Kier alpha value is -3.00. The van der Waals surface area contributed by atoms with Crippen LogP contribution in [0.1, 0.15) is 163 Å². The summed E-state index contributed by atoms with van der Waals surface area (Å²) in [4.78, 5) is 17.9. The minimum absolute atomic E-state index is 0.0236. The molecule has 0 bridgehead atoms. The number of carbonyl (C=O) groups excluding carboxylic acids is 1. The lowest BCUT2D eigenvalue weighted by molar-refractivity contribution is -0.221. The summed E-state index contributed by atoms with van der Waals surface area (Å²) in [6.07, 6.45) is 23.5. The zero-order valence-electron chi connectivity index (χ0n) is 40.5. The molecule has 0 saturated heterocycles. The van der Waals surface area contributed by atoms with Crippen molar-refractivity contribution in [3.05, 3.63) is 59.3 Å². The van der Waals surface area contributed by atoms with E-state index in [4.69, 9.17) is 9.47 Å². The number of ether oxygens (including phenoxy) is 2. The summed E-state index contributed by atoms with van der Waals surface area (Å²) in [5, 5.41) is 25.1. The summed E-state index contributed by atoms with van der Waals surface area (Å²) < 4.78 is 36.3. The predicted octanol–water partition coefficient (Wildman–Crippen LogP) is 10.6. The number of nitriles is 1. The number of allylic oxidation sites excluding steroid dienone is 5. The number of aliphatic hydroxyl groups is 1. The van der Waals surface area contributed by atoms with Crippen LogP contribution in [-0.2, 0) is 19.4 Å². The van der Waals surface area contributed by atoms with Crippen molar-refractivity contribution in [3.8, 4) is 11.9 Å². The molecule has 2 N–H and O–H groups in total. The molecule has 0 radical (unpaired) electrons. The molecule has 7 aliphatic carbocycles. The number of sulfone groups is 1. The molecule has 0 spiro atoms. The van der Waals surface area contributed by atoms with Crippen LogP contribution in [0.4, 0.5) is 0 Å². The molecular formula is C54H79N3O6S. The quantitative estimate of drug-likeness (QED) is 0.155. The molecule has 7 aliphatic rings. The third-order valence-electron chi connectivity index (χ3n) is 20.2. The molecule has 0 aromatic carbocycles. The second kappa shape index (κ2) is 17.0. The Morgan fingerprint density at radius 1 is 0.953 bits per heavy atom. The first kappa shape index (κ1) is 47.5. The van der Waals surface area contributed by atoms with Crippen molar-refractivity contribution in [2.24, 2.45) is 56.7 Å². The summed E-state index contributed by atoms with van der Waals surface area (Å²) in [7, 11) is -3.08. The van der Waals surface area contributed by atoms with Gasteiger partial charge in [-0.2, -0.15) is 5.26 Å². The number of hydrogen-bond donors (Lipinski definition) is 2. The zero-order valence-corrected chi connectivity index (χ0v) is 41.3. The van der Waals surface area contributed by atoms with E-state index in [9.17, 15) is 23.6 Å². The Balaban J connectivity index is 1.00. The van der Waals surface area contributed by atoms with Gasteiger partial charge in [0.25, 0.3) is 0 Å². The van der Waals surface area contributed by atoms with Gasteiger partial charge in [0.15, 0.2) is 0 Å². The van der Waals surface area contributed by atoms with E-state index in [-0.39, 0.29) is 50.9 Å². The van der Waals surface area contributed by atoms with E-state index in [1.54, 1.807) is 18.3 Å². The predicted molar refractivity (Wildman–Crippen MR) is 253 cm³/mol. The van der Waals surface area contributed by atoms with Gasteiger partial charge < -0.3 is 19.9 Å². The van der Waals surface area contributed by atoms with Gasteiger partial charge in [-0.05, 0) is 204 Å². The van der Waals surface area contributed by atoms with Crippen LogP contribution in [0.15, 0.2) is 53.8 Å². The lowest BCUT2D eigenvalue weighted by Crippen LogP contribution is -2.68. The van der Waals surface area contributed by atoms with E-state index < -0.39 is 20.9 Å². The van der Waals surface area contributed by atoms with Crippen LogP contribution in [0.2, 0.25) is 0 Å². The number of nitrogens with one attached hydrogen (secondary N) is 1. The molecule has 10 heteroatoms. The lowest BCUT2D eigenvalue weighted by Gasteiger charge is -2.72. The molecule has 0 unspecified atom stereocenters. The van der Waals surface area contributed by atoms with Gasteiger partial charge in [0.05, 0.1) is 17.5 Å². The van der Waals surface area contributed by atoms with E-state index in [2.05, 4.69) is 76.6 Å². The van der Waals surface area contributed by atoms with Crippen LogP contribution in [0.3, 0.4) is 0 Å². The van der Waals surface area contributed by atoms with Gasteiger partial charge in [0.1, 0.15) is 33.5 Å². The van der Waals surface area contributed by atoms with Gasteiger partial charge >= 0.3 is 5.97 Å². The third kappa shape index (κ3) is 7.75. The maximum Gasteiger partial charge on any atom is 0.315 e. The van der Waals surface area contributed by atoms with Crippen molar-refractivity contribution in [3.63, 3.8) is 0 Å². The number of fused-ring (bicyclic) bond motifs is 7. The first-order valence-electron chi connectivity index (χ1n) is 25.0. The number of pyridine rings is 1. The summed E-state index contributed by atoms with van der Waals surface area (Å²) in [6, 6.07) is 5.56. The normalized spacial score (nSPS) is 41.4. The van der Waals surface area contributed by atoms with Crippen molar-refractivity contribution in [1.82, 2.24) is 10.3 Å². The van der Waals surface area contributed by atoms with Crippen molar-refractivity contribution >= 4 is 15.8 Å². The van der Waals surface area contributed by atoms with Crippen LogP contribution in [0.5, 0.6) is 5.88 Å². The number of rotatable bonds is 12. The number of aromatic nitrogens is 1. The molecule has 9 nitrogen and oxygen atoms in total. The maximum absolute atomic E-state index is 13.6. The second-order valence-corrected chi connectivity index (χ2v) is 25.8. The standard InChI is InChI=1S/C54H79N3O6S/c1-10-62-47(58)52(35-63-46-38(34-55)12-11-32-56-46)24-15-37(16-25-52)41-20-22-49(6)43(48(41,4)5)21-23-51(8)44(49)14-13-42-45-40(36(2)3)19-28-54(45,30-29-50(42,51)7)57-33-31-53(59)26-17-39(18-27-53)64(9,60)61/h11-12,15,20,32,39-40,42-45,57,59H,2,10,13-14,16-19,21-31,33,35H2,1,3-9H3/t39-,40-,42+,43-,44+,45+,49-,50+,51+,52-,53-,54-/m0/s1. The van der Waals surface area contributed by atoms with Gasteiger partial charge in [-0.3, -0.25) is 4.79 Å². The Morgan fingerprint density at radius 3 is 2.36 bits per heavy atom. The largest absolute Gasteiger partial charge is 0.475 e. The van der Waals surface area contributed by atoms with E-state index in [0.717, 1.165) is 32.2 Å². The summed E-state index contributed by atoms with van der Waals surface area (Å²) >= 11 is 0. The lowest BCUT2D eigenvalue weighted by atomic mass is 9.33. The summed E-state index contributed by atoms with van der Waals surface area (Å²) in [5.74, 6) is 2.82. The molecule has 0 amide bonds. The molecule has 0 aliphatic heterocycles. The number of esters is 1. The fourth-order valence-electron chi connectivity index (χ4n) is 16.6. The van der Waals surface area contributed by atoms with E-state index in [1.165, 1.54) is 61.5 Å². The van der Waals surface area contributed by atoms with E-state index in [1.807, 2.05) is 6.92 Å². The molecule has 5 saturated carbocycles. The highest BCUT2D eigenvalue weighted by atomic mass is 32.2. The summed E-state index contributed by atoms with van der Waals surface area (Å²) in [5.41, 5.74) is 3.51. The van der Waals surface area contributed by atoms with Crippen LogP contribution >= 0.6 is 0 Å². The smallest absolute Gasteiger partial charge is 0.315 e. The topological polar surface area (TPSA) is 139 Å². The minimum Gasteiger partial charge on any atom is -0.475 e. The number of nitrogens with zero attached hydrogens (tertiary/aromatic N) is 2.